The molecule has 0 saturated heterocycles. The van der Waals surface area contributed by atoms with Gasteiger partial charge < -0.3 is 5.32 Å². The molecule has 2 heterocycles. The molecule has 1 unspecified atom stereocenters. The van der Waals surface area contributed by atoms with Crippen LogP contribution in [0.25, 0.3) is 11.3 Å². The summed E-state index contributed by atoms with van der Waals surface area (Å²) in [7, 11) is 0. The van der Waals surface area contributed by atoms with Crippen molar-refractivity contribution in [3.05, 3.63) is 76.8 Å². The summed E-state index contributed by atoms with van der Waals surface area (Å²) in [5, 5.41) is 7.02. The lowest BCUT2D eigenvalue weighted by Gasteiger charge is -2.15. The number of rotatable bonds is 5. The Hall–Kier alpha value is -3.61. The topological polar surface area (TPSA) is 93.9 Å². The van der Waals surface area contributed by atoms with Crippen molar-refractivity contribution >= 4 is 17.4 Å². The van der Waals surface area contributed by atoms with E-state index < -0.39 is 11.9 Å². The van der Waals surface area contributed by atoms with Crippen molar-refractivity contribution in [1.82, 2.24) is 14.8 Å². The molecular weight excluding hydrogens is 344 g/mol. The Morgan fingerprint density at radius 1 is 1.11 bits per heavy atom. The van der Waals surface area contributed by atoms with Crippen LogP contribution in [0.1, 0.15) is 30.2 Å². The van der Waals surface area contributed by atoms with Gasteiger partial charge in [0.25, 0.3) is 5.56 Å². The van der Waals surface area contributed by atoms with E-state index in [1.54, 1.807) is 55.7 Å². The Morgan fingerprint density at radius 2 is 1.93 bits per heavy atom. The third-order valence-corrected chi connectivity index (χ3v) is 4.07. The maximum Gasteiger partial charge on any atom is 0.267 e. The van der Waals surface area contributed by atoms with Gasteiger partial charge in [-0.2, -0.15) is 5.10 Å². The average Bonchev–Trinajstić information content (AvgIpc) is 2.68. The van der Waals surface area contributed by atoms with E-state index in [0.29, 0.717) is 16.9 Å². The highest BCUT2D eigenvalue weighted by Gasteiger charge is 2.18. The van der Waals surface area contributed by atoms with Gasteiger partial charge in [-0.15, -0.1) is 0 Å². The molecule has 0 bridgehead atoms. The highest BCUT2D eigenvalue weighted by atomic mass is 16.2. The molecule has 2 aromatic heterocycles. The number of benzene rings is 1. The van der Waals surface area contributed by atoms with E-state index in [1.165, 1.54) is 13.0 Å². The molecule has 0 fully saturated rings. The van der Waals surface area contributed by atoms with Crippen molar-refractivity contribution in [2.45, 2.75) is 19.9 Å². The normalized spacial score (nSPS) is 11.6. The summed E-state index contributed by atoms with van der Waals surface area (Å²) in [6.07, 6.45) is 3.28. The van der Waals surface area contributed by atoms with Crippen molar-refractivity contribution in [3.63, 3.8) is 0 Å². The summed E-state index contributed by atoms with van der Waals surface area (Å²) < 4.78 is 1.13. The van der Waals surface area contributed by atoms with Gasteiger partial charge in [0.15, 0.2) is 5.78 Å². The van der Waals surface area contributed by atoms with Crippen molar-refractivity contribution in [2.24, 2.45) is 0 Å². The number of aromatic nitrogens is 3. The average molecular weight is 362 g/mol. The first-order valence-corrected chi connectivity index (χ1v) is 8.38. The summed E-state index contributed by atoms with van der Waals surface area (Å²) in [6, 6.07) is 12.3. The van der Waals surface area contributed by atoms with Gasteiger partial charge in [0.1, 0.15) is 6.04 Å². The van der Waals surface area contributed by atoms with Gasteiger partial charge in [-0.3, -0.25) is 19.4 Å². The maximum atomic E-state index is 12.6. The van der Waals surface area contributed by atoms with E-state index in [-0.39, 0.29) is 11.3 Å². The fourth-order valence-electron chi connectivity index (χ4n) is 2.54. The molecule has 1 atom stereocenters. The predicted octanol–water partition coefficient (Wildman–Crippen LogP) is 2.71. The third kappa shape index (κ3) is 4.14. The summed E-state index contributed by atoms with van der Waals surface area (Å²) >= 11 is 0. The zero-order valence-electron chi connectivity index (χ0n) is 14.9. The zero-order valence-corrected chi connectivity index (χ0v) is 14.9. The Morgan fingerprint density at radius 3 is 2.63 bits per heavy atom. The Bertz CT molecular complexity index is 1040. The van der Waals surface area contributed by atoms with Crippen molar-refractivity contribution in [2.75, 3.05) is 5.32 Å². The number of nitrogens with zero attached hydrogens (tertiary/aromatic N) is 3. The van der Waals surface area contributed by atoms with Gasteiger partial charge in [0.2, 0.25) is 5.91 Å². The molecule has 3 aromatic rings. The summed E-state index contributed by atoms with van der Waals surface area (Å²) in [5.41, 5.74) is 1.88. The summed E-state index contributed by atoms with van der Waals surface area (Å²) in [4.78, 5) is 40.3. The maximum absolute atomic E-state index is 12.6. The fraction of sp³-hybridized carbons (Fsp3) is 0.150. The number of ketones is 1. The molecule has 0 radical (unpaired) electrons. The monoisotopic (exact) mass is 362 g/mol. The van der Waals surface area contributed by atoms with Crippen LogP contribution in [0, 0.1) is 0 Å². The molecule has 0 aliphatic carbocycles. The first-order valence-electron chi connectivity index (χ1n) is 8.38. The van der Waals surface area contributed by atoms with Crippen LogP contribution < -0.4 is 10.9 Å². The standard InChI is InChI=1S/C20H18N4O3/c1-13(20(27)22-17-7-3-5-15(11-17)14(2)25)24-19(26)9-8-18(23-24)16-6-4-10-21-12-16/h3-13H,1-2H3,(H,22,27). The lowest BCUT2D eigenvalue weighted by Crippen LogP contribution is -2.33. The number of carbonyl (C=O) groups excluding carboxylic acids is 2. The molecule has 7 nitrogen and oxygen atoms in total. The van der Waals surface area contributed by atoms with E-state index in [9.17, 15) is 14.4 Å². The highest BCUT2D eigenvalue weighted by molar-refractivity contribution is 5.97. The predicted molar refractivity (Wildman–Crippen MR) is 102 cm³/mol. The number of nitrogens with one attached hydrogen (secondary N) is 1. The first-order chi connectivity index (χ1) is 13.0. The number of hydrogen-bond acceptors (Lipinski definition) is 5. The molecule has 0 spiro atoms. The van der Waals surface area contributed by atoms with Gasteiger partial charge in [-0.1, -0.05) is 12.1 Å². The second-order valence-corrected chi connectivity index (χ2v) is 6.05. The Balaban J connectivity index is 1.86. The minimum atomic E-state index is -0.838. The Labute approximate surface area is 155 Å². The van der Waals surface area contributed by atoms with Crippen LogP contribution in [0.3, 0.4) is 0 Å². The van der Waals surface area contributed by atoms with Crippen LogP contribution in [0.2, 0.25) is 0 Å². The van der Waals surface area contributed by atoms with E-state index >= 15 is 0 Å². The van der Waals surface area contributed by atoms with E-state index in [4.69, 9.17) is 0 Å². The van der Waals surface area contributed by atoms with Crippen LogP contribution in [-0.2, 0) is 4.79 Å². The molecule has 136 valence electrons. The first kappa shape index (κ1) is 18.2. The van der Waals surface area contributed by atoms with Crippen molar-refractivity contribution in [1.29, 1.82) is 0 Å². The number of amides is 1. The second-order valence-electron chi connectivity index (χ2n) is 6.05. The van der Waals surface area contributed by atoms with Crippen LogP contribution in [-0.4, -0.2) is 26.5 Å². The fourth-order valence-corrected chi connectivity index (χ4v) is 2.54. The smallest absolute Gasteiger partial charge is 0.267 e. The molecule has 7 heteroatoms. The lowest BCUT2D eigenvalue weighted by molar-refractivity contribution is -0.119. The van der Waals surface area contributed by atoms with E-state index in [2.05, 4.69) is 15.4 Å². The van der Waals surface area contributed by atoms with E-state index in [1.807, 2.05) is 6.07 Å². The van der Waals surface area contributed by atoms with Gasteiger partial charge in [-0.25, -0.2) is 4.68 Å². The number of Topliss-reactive ketones (excluding diaryl/α,β-unsaturated/α-hetero) is 1. The quantitative estimate of drug-likeness (QED) is 0.704. The minimum Gasteiger partial charge on any atom is -0.324 e. The third-order valence-electron chi connectivity index (χ3n) is 4.07. The van der Waals surface area contributed by atoms with Gasteiger partial charge in [0, 0.05) is 35.3 Å². The molecule has 27 heavy (non-hydrogen) atoms. The molecule has 3 rings (SSSR count). The number of pyridine rings is 1. The van der Waals surface area contributed by atoms with Gasteiger partial charge >= 0.3 is 0 Å². The van der Waals surface area contributed by atoms with Crippen LogP contribution in [0.4, 0.5) is 5.69 Å². The van der Waals surface area contributed by atoms with Crippen LogP contribution >= 0.6 is 0 Å². The van der Waals surface area contributed by atoms with Crippen molar-refractivity contribution < 1.29 is 9.59 Å². The van der Waals surface area contributed by atoms with E-state index in [0.717, 1.165) is 10.2 Å². The van der Waals surface area contributed by atoms with Crippen molar-refractivity contribution in [3.8, 4) is 11.3 Å². The number of carbonyl (C=O) groups is 2. The zero-order chi connectivity index (χ0) is 19.4. The number of hydrogen-bond donors (Lipinski definition) is 1. The molecule has 1 aromatic carbocycles. The molecule has 0 aliphatic heterocycles. The summed E-state index contributed by atoms with van der Waals surface area (Å²) in [6.45, 7) is 3.04. The molecule has 1 N–H and O–H groups in total. The largest absolute Gasteiger partial charge is 0.324 e. The molecule has 0 saturated carbocycles. The lowest BCUT2D eigenvalue weighted by atomic mass is 10.1. The number of anilines is 1. The molecule has 0 aliphatic rings. The molecule has 1 amide bonds. The molecular formula is C20H18N4O3. The van der Waals surface area contributed by atoms with Gasteiger partial charge in [0.05, 0.1) is 5.69 Å². The highest BCUT2D eigenvalue weighted by Crippen LogP contribution is 2.16. The SMILES string of the molecule is CC(=O)c1cccc(NC(=O)C(C)n2nc(-c3cccnc3)ccc2=O)c1. The minimum absolute atomic E-state index is 0.0961. The van der Waals surface area contributed by atoms with Gasteiger partial charge in [-0.05, 0) is 44.2 Å². The van der Waals surface area contributed by atoms with Crippen LogP contribution in [0.5, 0.6) is 0 Å². The summed E-state index contributed by atoms with van der Waals surface area (Å²) in [5.74, 6) is -0.505. The Kier molecular flexibility index (Phi) is 5.21. The second kappa shape index (κ2) is 7.74. The van der Waals surface area contributed by atoms with Crippen LogP contribution in [0.15, 0.2) is 65.7 Å².